The van der Waals surface area contributed by atoms with E-state index in [1.165, 1.54) is 6.07 Å². The average Bonchev–Trinajstić information content (AvgIpc) is 2.60. The maximum atomic E-state index is 13.0. The zero-order chi connectivity index (χ0) is 20.0. The standard InChI is InChI=1S/C19H19F3N2O3/c1-24(12-13-5-3-2-4-6-13)16-8-7-14(19(20,21)22)11-15(16)23-17(25)9-10-18(26)27/h2-8,11H,9-10,12H2,1H3,(H,23,25)(H,26,27). The summed E-state index contributed by atoms with van der Waals surface area (Å²) >= 11 is 0. The smallest absolute Gasteiger partial charge is 0.416 e. The van der Waals surface area contributed by atoms with Gasteiger partial charge in [-0.05, 0) is 23.8 Å². The summed E-state index contributed by atoms with van der Waals surface area (Å²) in [7, 11) is 1.70. The van der Waals surface area contributed by atoms with Crippen LogP contribution in [0.2, 0.25) is 0 Å². The molecular weight excluding hydrogens is 361 g/mol. The van der Waals surface area contributed by atoms with Gasteiger partial charge in [-0.25, -0.2) is 0 Å². The van der Waals surface area contributed by atoms with Crippen molar-refractivity contribution in [2.75, 3.05) is 17.3 Å². The van der Waals surface area contributed by atoms with Crippen LogP contribution < -0.4 is 10.2 Å². The summed E-state index contributed by atoms with van der Waals surface area (Å²) in [4.78, 5) is 24.2. The number of rotatable bonds is 7. The van der Waals surface area contributed by atoms with Gasteiger partial charge in [-0.2, -0.15) is 13.2 Å². The van der Waals surface area contributed by atoms with E-state index < -0.39 is 30.0 Å². The van der Waals surface area contributed by atoms with Crippen molar-refractivity contribution in [2.24, 2.45) is 0 Å². The Hall–Kier alpha value is -3.03. The molecule has 0 aliphatic heterocycles. The lowest BCUT2D eigenvalue weighted by molar-refractivity contribution is -0.138. The molecule has 0 unspecified atom stereocenters. The molecular formula is C19H19F3N2O3. The van der Waals surface area contributed by atoms with E-state index in [0.29, 0.717) is 12.2 Å². The van der Waals surface area contributed by atoms with E-state index in [-0.39, 0.29) is 12.1 Å². The van der Waals surface area contributed by atoms with E-state index in [9.17, 15) is 22.8 Å². The molecule has 0 saturated carbocycles. The molecule has 2 aromatic rings. The van der Waals surface area contributed by atoms with Crippen molar-refractivity contribution >= 4 is 23.3 Å². The monoisotopic (exact) mass is 380 g/mol. The number of aliphatic carboxylic acids is 1. The van der Waals surface area contributed by atoms with Gasteiger partial charge in [-0.15, -0.1) is 0 Å². The predicted molar refractivity (Wildman–Crippen MR) is 95.5 cm³/mol. The van der Waals surface area contributed by atoms with Crippen molar-refractivity contribution in [3.05, 3.63) is 59.7 Å². The maximum Gasteiger partial charge on any atom is 0.416 e. The van der Waals surface area contributed by atoms with Crippen LogP contribution in [-0.4, -0.2) is 24.0 Å². The SMILES string of the molecule is CN(Cc1ccccc1)c1ccc(C(F)(F)F)cc1NC(=O)CCC(=O)O. The maximum absolute atomic E-state index is 13.0. The summed E-state index contributed by atoms with van der Waals surface area (Å²) in [5, 5.41) is 11.1. The number of carboxylic acid groups (broad SMARTS) is 1. The molecule has 0 radical (unpaired) electrons. The molecule has 1 amide bonds. The molecule has 8 heteroatoms. The summed E-state index contributed by atoms with van der Waals surface area (Å²) in [5.41, 5.74) is 0.435. The van der Waals surface area contributed by atoms with E-state index >= 15 is 0 Å². The van der Waals surface area contributed by atoms with Gasteiger partial charge in [-0.3, -0.25) is 9.59 Å². The van der Waals surface area contributed by atoms with Crippen LogP contribution in [-0.2, 0) is 22.3 Å². The lowest BCUT2D eigenvalue weighted by atomic mass is 10.1. The molecule has 0 heterocycles. The average molecular weight is 380 g/mol. The van der Waals surface area contributed by atoms with E-state index in [4.69, 9.17) is 5.11 Å². The Labute approximate surface area is 154 Å². The number of halogens is 3. The Morgan fingerprint density at radius 2 is 1.74 bits per heavy atom. The van der Waals surface area contributed by atoms with Crippen LogP contribution in [0, 0.1) is 0 Å². The Balaban J connectivity index is 2.28. The zero-order valence-electron chi connectivity index (χ0n) is 14.6. The number of carbonyl (C=O) groups is 2. The minimum atomic E-state index is -4.56. The number of nitrogens with one attached hydrogen (secondary N) is 1. The topological polar surface area (TPSA) is 69.6 Å². The summed E-state index contributed by atoms with van der Waals surface area (Å²) < 4.78 is 39.1. The molecule has 2 rings (SSSR count). The highest BCUT2D eigenvalue weighted by atomic mass is 19.4. The summed E-state index contributed by atoms with van der Waals surface area (Å²) in [6.07, 6.45) is -5.29. The second-order valence-corrected chi connectivity index (χ2v) is 6.01. The second-order valence-electron chi connectivity index (χ2n) is 6.01. The highest BCUT2D eigenvalue weighted by molar-refractivity contribution is 5.95. The highest BCUT2D eigenvalue weighted by Gasteiger charge is 2.31. The Morgan fingerprint density at radius 3 is 2.33 bits per heavy atom. The van der Waals surface area contributed by atoms with Crippen LogP contribution in [0.4, 0.5) is 24.5 Å². The van der Waals surface area contributed by atoms with Gasteiger partial charge >= 0.3 is 12.1 Å². The van der Waals surface area contributed by atoms with E-state index in [1.54, 1.807) is 11.9 Å². The molecule has 0 aromatic heterocycles. The van der Waals surface area contributed by atoms with Crippen molar-refractivity contribution < 1.29 is 27.9 Å². The largest absolute Gasteiger partial charge is 0.481 e. The number of nitrogens with zero attached hydrogens (tertiary/aromatic N) is 1. The molecule has 144 valence electrons. The molecule has 2 aromatic carbocycles. The van der Waals surface area contributed by atoms with Crippen LogP contribution in [0.3, 0.4) is 0 Å². The predicted octanol–water partition coefficient (Wildman–Crippen LogP) is 4.15. The van der Waals surface area contributed by atoms with Crippen molar-refractivity contribution in [3.63, 3.8) is 0 Å². The third-order valence-corrected chi connectivity index (χ3v) is 3.84. The van der Waals surface area contributed by atoms with Crippen LogP contribution in [0.1, 0.15) is 24.0 Å². The fraction of sp³-hybridized carbons (Fsp3) is 0.263. The minimum absolute atomic E-state index is 0.0151. The third-order valence-electron chi connectivity index (χ3n) is 3.84. The van der Waals surface area contributed by atoms with Crippen molar-refractivity contribution in [3.8, 4) is 0 Å². The van der Waals surface area contributed by atoms with E-state index in [1.807, 2.05) is 30.3 Å². The molecule has 0 aliphatic rings. The zero-order valence-corrected chi connectivity index (χ0v) is 14.6. The van der Waals surface area contributed by atoms with Gasteiger partial charge < -0.3 is 15.3 Å². The van der Waals surface area contributed by atoms with E-state index in [2.05, 4.69) is 5.32 Å². The lowest BCUT2D eigenvalue weighted by Gasteiger charge is -2.24. The number of hydrogen-bond donors (Lipinski definition) is 2. The minimum Gasteiger partial charge on any atom is -0.481 e. The van der Waals surface area contributed by atoms with Crippen molar-refractivity contribution in [2.45, 2.75) is 25.6 Å². The molecule has 0 spiro atoms. The molecule has 0 aliphatic carbocycles. The number of carboxylic acids is 1. The van der Waals surface area contributed by atoms with Gasteiger partial charge in [0.25, 0.3) is 0 Å². The Morgan fingerprint density at radius 1 is 1.07 bits per heavy atom. The fourth-order valence-corrected chi connectivity index (χ4v) is 2.52. The molecule has 0 fully saturated rings. The Kier molecular flexibility index (Phi) is 6.44. The first-order valence-electron chi connectivity index (χ1n) is 8.15. The number of carbonyl (C=O) groups excluding carboxylic acids is 1. The normalized spacial score (nSPS) is 11.1. The van der Waals surface area contributed by atoms with Crippen molar-refractivity contribution in [1.82, 2.24) is 0 Å². The quantitative estimate of drug-likeness (QED) is 0.757. The van der Waals surface area contributed by atoms with Gasteiger partial charge in [0, 0.05) is 20.0 Å². The molecule has 27 heavy (non-hydrogen) atoms. The van der Waals surface area contributed by atoms with Crippen molar-refractivity contribution in [1.29, 1.82) is 0 Å². The summed E-state index contributed by atoms with van der Waals surface area (Å²) in [6, 6.07) is 12.4. The Bertz CT molecular complexity index is 808. The number of anilines is 2. The first kappa shape index (κ1) is 20.3. The summed E-state index contributed by atoms with van der Waals surface area (Å²) in [6.45, 7) is 0.421. The number of hydrogen-bond acceptors (Lipinski definition) is 3. The fourth-order valence-electron chi connectivity index (χ4n) is 2.52. The molecule has 0 bridgehead atoms. The number of benzene rings is 2. The van der Waals surface area contributed by atoms with Crippen LogP contribution >= 0.6 is 0 Å². The molecule has 5 nitrogen and oxygen atoms in total. The first-order chi connectivity index (χ1) is 12.7. The van der Waals surface area contributed by atoms with Gasteiger partial charge in [0.05, 0.1) is 23.4 Å². The van der Waals surface area contributed by atoms with Gasteiger partial charge in [-0.1, -0.05) is 30.3 Å². The van der Waals surface area contributed by atoms with Crippen LogP contribution in [0.15, 0.2) is 48.5 Å². The molecule has 0 atom stereocenters. The first-order valence-corrected chi connectivity index (χ1v) is 8.15. The van der Waals surface area contributed by atoms with E-state index in [0.717, 1.165) is 17.7 Å². The van der Waals surface area contributed by atoms with Crippen LogP contribution in [0.25, 0.3) is 0 Å². The van der Waals surface area contributed by atoms with Gasteiger partial charge in [0.1, 0.15) is 0 Å². The number of alkyl halides is 3. The second kappa shape index (κ2) is 8.57. The van der Waals surface area contributed by atoms with Crippen LogP contribution in [0.5, 0.6) is 0 Å². The van der Waals surface area contributed by atoms with Gasteiger partial charge in [0.2, 0.25) is 5.91 Å². The molecule has 2 N–H and O–H groups in total. The highest BCUT2D eigenvalue weighted by Crippen LogP contribution is 2.35. The number of amides is 1. The van der Waals surface area contributed by atoms with Gasteiger partial charge in [0.15, 0.2) is 0 Å². The lowest BCUT2D eigenvalue weighted by Crippen LogP contribution is -2.21. The molecule has 0 saturated heterocycles. The summed E-state index contributed by atoms with van der Waals surface area (Å²) in [5.74, 6) is -1.82. The third kappa shape index (κ3) is 6.02.